The third kappa shape index (κ3) is 3.35. The molecule has 0 aromatic carbocycles. The molecular weight excluding hydrogens is 392 g/mol. The third-order valence-corrected chi connectivity index (χ3v) is 6.78. The van der Waals surface area contributed by atoms with Crippen LogP contribution in [0.4, 0.5) is 14.6 Å². The Morgan fingerprint density at radius 1 is 1.29 bits per heavy atom. The van der Waals surface area contributed by atoms with Gasteiger partial charge in [0.05, 0.1) is 6.61 Å². The smallest absolute Gasteiger partial charge is 0.306 e. The fraction of sp³-hybridized carbons (Fsp3) is 0.722. The van der Waals surface area contributed by atoms with E-state index in [9.17, 15) is 22.0 Å². The van der Waals surface area contributed by atoms with Crippen LogP contribution in [-0.2, 0) is 31.7 Å². The number of ether oxygens (including phenoxy) is 1. The number of hydrogen-bond donors (Lipinski definition) is 0. The molecule has 0 radical (unpaired) electrons. The quantitative estimate of drug-likeness (QED) is 0.536. The highest BCUT2D eigenvalue weighted by Gasteiger charge is 2.57. The number of anilines is 1. The molecular formula is C18H23F2N3O4S. The summed E-state index contributed by atoms with van der Waals surface area (Å²) in [6.07, 6.45) is 1.66. The molecule has 7 nitrogen and oxygen atoms in total. The molecule has 1 unspecified atom stereocenters. The Bertz CT molecular complexity index is 910. The average molecular weight is 415 g/mol. The Hall–Kier alpha value is -1.84. The largest absolute Gasteiger partial charge is 0.466 e. The lowest BCUT2D eigenvalue weighted by Crippen LogP contribution is -2.32. The first-order valence-electron chi connectivity index (χ1n) is 9.51. The summed E-state index contributed by atoms with van der Waals surface area (Å²) in [5.41, 5.74) is -0.0975. The number of nitrogens with zero attached hydrogens (tertiary/aromatic N) is 3. The SMILES string of the molecule is CCOC(=O)CC1[C@H]2CN(c3nc(S(C)(=O)=O)nc4c3CCCC4(F)F)C[C@@H]12. The van der Waals surface area contributed by atoms with Crippen LogP contribution in [0.15, 0.2) is 5.16 Å². The number of sulfone groups is 1. The first kappa shape index (κ1) is 19.5. The number of piperidine rings is 1. The van der Waals surface area contributed by atoms with Crippen molar-refractivity contribution in [1.82, 2.24) is 9.97 Å². The Kier molecular flexibility index (Phi) is 4.59. The van der Waals surface area contributed by atoms with Crippen molar-refractivity contribution in [2.24, 2.45) is 17.8 Å². The van der Waals surface area contributed by atoms with Crippen molar-refractivity contribution in [2.45, 2.75) is 43.7 Å². The van der Waals surface area contributed by atoms with E-state index in [1.54, 1.807) is 6.92 Å². The van der Waals surface area contributed by atoms with Crippen LogP contribution in [0.1, 0.15) is 37.4 Å². The summed E-state index contributed by atoms with van der Waals surface area (Å²) in [5, 5.41) is -0.550. The second-order valence-corrected chi connectivity index (χ2v) is 9.80. The maximum atomic E-state index is 14.4. The minimum atomic E-state index is -3.82. The Labute approximate surface area is 162 Å². The number of hydrogen-bond acceptors (Lipinski definition) is 7. The van der Waals surface area contributed by atoms with Crippen LogP contribution in [0.3, 0.4) is 0 Å². The highest BCUT2D eigenvalue weighted by atomic mass is 32.2. The first-order chi connectivity index (χ1) is 13.1. The Morgan fingerprint density at radius 2 is 1.96 bits per heavy atom. The summed E-state index contributed by atoms with van der Waals surface area (Å²) in [5.74, 6) is -2.26. The molecule has 3 atom stereocenters. The van der Waals surface area contributed by atoms with Gasteiger partial charge in [-0.25, -0.2) is 18.4 Å². The topological polar surface area (TPSA) is 89.5 Å². The number of halogens is 2. The molecule has 0 spiro atoms. The third-order valence-electron chi connectivity index (χ3n) is 5.94. The monoisotopic (exact) mass is 415 g/mol. The summed E-state index contributed by atoms with van der Waals surface area (Å²) in [6, 6.07) is 0. The van der Waals surface area contributed by atoms with Crippen LogP contribution >= 0.6 is 0 Å². The van der Waals surface area contributed by atoms with E-state index < -0.39 is 26.6 Å². The lowest BCUT2D eigenvalue weighted by molar-refractivity contribution is -0.143. The molecule has 1 aromatic rings. The van der Waals surface area contributed by atoms with Crippen molar-refractivity contribution in [1.29, 1.82) is 0 Å². The summed E-state index contributed by atoms with van der Waals surface area (Å²) in [4.78, 5) is 21.5. The summed E-state index contributed by atoms with van der Waals surface area (Å²) in [7, 11) is -3.82. The van der Waals surface area contributed by atoms with E-state index in [1.807, 2.05) is 4.90 Å². The van der Waals surface area contributed by atoms with Gasteiger partial charge in [-0.05, 0) is 37.5 Å². The highest BCUT2D eigenvalue weighted by Crippen LogP contribution is 2.55. The number of carbonyl (C=O) groups excluding carboxylic acids is 1. The maximum Gasteiger partial charge on any atom is 0.306 e. The molecule has 1 saturated heterocycles. The predicted octanol–water partition coefficient (Wildman–Crippen LogP) is 1.94. The molecule has 1 saturated carbocycles. The molecule has 4 rings (SSSR count). The van der Waals surface area contributed by atoms with E-state index in [0.717, 1.165) is 6.26 Å². The predicted molar refractivity (Wildman–Crippen MR) is 95.9 cm³/mol. The zero-order valence-electron chi connectivity index (χ0n) is 15.8. The van der Waals surface area contributed by atoms with Crippen LogP contribution in [0, 0.1) is 17.8 Å². The van der Waals surface area contributed by atoms with Crippen molar-refractivity contribution in [2.75, 3.05) is 30.9 Å². The zero-order chi connectivity index (χ0) is 20.3. The molecule has 10 heteroatoms. The van der Waals surface area contributed by atoms with E-state index in [1.165, 1.54) is 0 Å². The molecule has 2 aliphatic carbocycles. The minimum absolute atomic E-state index is 0.216. The maximum absolute atomic E-state index is 14.4. The summed E-state index contributed by atoms with van der Waals surface area (Å²) in [6.45, 7) is 3.27. The number of esters is 1. The Morgan fingerprint density at radius 3 is 2.57 bits per heavy atom. The average Bonchev–Trinajstić information content (AvgIpc) is 3.03. The van der Waals surface area contributed by atoms with Gasteiger partial charge in [0.2, 0.25) is 15.0 Å². The molecule has 3 aliphatic rings. The van der Waals surface area contributed by atoms with Gasteiger partial charge in [-0.1, -0.05) is 0 Å². The van der Waals surface area contributed by atoms with Crippen molar-refractivity contribution in [3.05, 3.63) is 11.3 Å². The molecule has 1 aliphatic heterocycles. The fourth-order valence-corrected chi connectivity index (χ4v) is 5.06. The van der Waals surface area contributed by atoms with Gasteiger partial charge in [-0.15, -0.1) is 0 Å². The van der Waals surface area contributed by atoms with Crippen LogP contribution in [0.5, 0.6) is 0 Å². The van der Waals surface area contributed by atoms with Crippen LogP contribution < -0.4 is 4.90 Å². The normalized spacial score (nSPS) is 27.9. The standard InChI is InChI=1S/C18H23F2N3O4S/c1-3-27-14(24)7-11-12-8-23(9-13(11)12)16-10-5-4-6-18(19,20)15(10)21-17(22-16)28(2,25)26/h11-13H,3-9H2,1-2H3/t11?,12-,13+. The van der Waals surface area contributed by atoms with Gasteiger partial charge in [-0.3, -0.25) is 4.79 Å². The summed E-state index contributed by atoms with van der Waals surface area (Å²) >= 11 is 0. The van der Waals surface area contributed by atoms with Gasteiger partial charge in [0.25, 0.3) is 5.92 Å². The van der Waals surface area contributed by atoms with Crippen LogP contribution in [-0.4, -0.2) is 50.3 Å². The molecule has 0 amide bonds. The van der Waals surface area contributed by atoms with Gasteiger partial charge >= 0.3 is 5.97 Å². The van der Waals surface area contributed by atoms with Crippen molar-refractivity contribution < 1.29 is 26.7 Å². The lowest BCUT2D eigenvalue weighted by Gasteiger charge is -2.30. The number of fused-ring (bicyclic) bond motifs is 2. The van der Waals surface area contributed by atoms with Crippen LogP contribution in [0.2, 0.25) is 0 Å². The molecule has 2 fully saturated rings. The molecule has 0 N–H and O–H groups in total. The summed E-state index contributed by atoms with van der Waals surface area (Å²) < 4.78 is 57.8. The fourth-order valence-electron chi connectivity index (χ4n) is 4.56. The zero-order valence-corrected chi connectivity index (χ0v) is 16.6. The highest BCUT2D eigenvalue weighted by molar-refractivity contribution is 7.90. The van der Waals surface area contributed by atoms with Gasteiger partial charge in [0, 0.05) is 37.8 Å². The van der Waals surface area contributed by atoms with Gasteiger partial charge in [0.15, 0.2) is 0 Å². The van der Waals surface area contributed by atoms with E-state index >= 15 is 0 Å². The lowest BCUT2D eigenvalue weighted by atomic mass is 9.93. The van der Waals surface area contributed by atoms with Crippen molar-refractivity contribution in [3.8, 4) is 0 Å². The Balaban J connectivity index is 1.61. The number of alkyl halides is 2. The van der Waals surface area contributed by atoms with Gasteiger partial charge in [0.1, 0.15) is 11.5 Å². The number of carbonyl (C=O) groups is 1. The number of rotatable bonds is 5. The first-order valence-corrected chi connectivity index (χ1v) is 11.4. The molecule has 0 bridgehead atoms. The van der Waals surface area contributed by atoms with E-state index in [0.29, 0.717) is 50.3 Å². The van der Waals surface area contributed by atoms with Crippen LogP contribution in [0.25, 0.3) is 0 Å². The van der Waals surface area contributed by atoms with Gasteiger partial charge < -0.3 is 9.64 Å². The molecule has 28 heavy (non-hydrogen) atoms. The van der Waals surface area contributed by atoms with Crippen molar-refractivity contribution >= 4 is 21.6 Å². The van der Waals surface area contributed by atoms with E-state index in [2.05, 4.69) is 9.97 Å². The van der Waals surface area contributed by atoms with E-state index in [-0.39, 0.29) is 30.1 Å². The van der Waals surface area contributed by atoms with Gasteiger partial charge in [-0.2, -0.15) is 8.78 Å². The molecule has 154 valence electrons. The second-order valence-electron chi connectivity index (χ2n) is 7.89. The van der Waals surface area contributed by atoms with Crippen molar-refractivity contribution in [3.63, 3.8) is 0 Å². The second kappa shape index (κ2) is 6.60. The minimum Gasteiger partial charge on any atom is -0.466 e. The molecule has 1 aromatic heterocycles. The number of aromatic nitrogens is 2. The molecule has 2 heterocycles. The van der Waals surface area contributed by atoms with E-state index in [4.69, 9.17) is 4.74 Å².